The fourth-order valence-electron chi connectivity index (χ4n) is 6.50. The highest BCUT2D eigenvalue weighted by Gasteiger charge is 2.75. The monoisotopic (exact) mass is 520 g/mol. The molecule has 8 nitrogen and oxygen atoms in total. The van der Waals surface area contributed by atoms with Gasteiger partial charge < -0.3 is 9.84 Å². The Morgan fingerprint density at radius 1 is 1.11 bits per heavy atom. The molecule has 0 spiro atoms. The number of imide groups is 2. The molecule has 5 rings (SSSR count). The Bertz CT molecular complexity index is 1200. The van der Waals surface area contributed by atoms with Crippen LogP contribution in [0.25, 0.3) is 0 Å². The summed E-state index contributed by atoms with van der Waals surface area (Å²) in [6.45, 7) is 2.23. The molecule has 3 fully saturated rings. The van der Waals surface area contributed by atoms with E-state index in [1.54, 1.807) is 12.1 Å². The number of rotatable bonds is 4. The normalized spacial score (nSPS) is 36.2. The standard InChI is InChI=1S/C25H26Cl2N2O6/c1-4-9-29-20(31)14-7-6-13-15(18(14)21(29)32)11-24(26)22(33)28(2)23(34)25(24,27)19(13)12-5-8-16(30)17(10-12)35-3/h5-6,8,10,14-15,18-19,30H,4,7,9,11H2,1-3H3. The van der Waals surface area contributed by atoms with Crippen molar-refractivity contribution in [1.82, 2.24) is 9.80 Å². The Balaban J connectivity index is 1.72. The van der Waals surface area contributed by atoms with Crippen LogP contribution in [0.1, 0.15) is 37.7 Å². The zero-order valence-corrected chi connectivity index (χ0v) is 21.1. The number of phenols is 1. The number of alkyl halides is 2. The van der Waals surface area contributed by atoms with Crippen molar-refractivity contribution in [2.75, 3.05) is 20.7 Å². The molecule has 0 radical (unpaired) electrons. The number of amides is 4. The van der Waals surface area contributed by atoms with Gasteiger partial charge in [-0.25, -0.2) is 0 Å². The van der Waals surface area contributed by atoms with Gasteiger partial charge >= 0.3 is 0 Å². The average Bonchev–Trinajstić information content (AvgIpc) is 3.15. The number of carbonyl (C=O) groups is 4. The quantitative estimate of drug-likeness (QED) is 0.371. The molecular formula is C25H26Cl2N2O6. The van der Waals surface area contributed by atoms with Gasteiger partial charge in [0.1, 0.15) is 0 Å². The molecule has 6 atom stereocenters. The van der Waals surface area contributed by atoms with Gasteiger partial charge in [0, 0.05) is 19.5 Å². The number of benzene rings is 1. The van der Waals surface area contributed by atoms with Gasteiger partial charge in [-0.2, -0.15) is 0 Å². The lowest BCUT2D eigenvalue weighted by molar-refractivity contribution is -0.141. The third-order valence-electron chi connectivity index (χ3n) is 8.09. The highest BCUT2D eigenvalue weighted by Crippen LogP contribution is 2.65. The maximum absolute atomic E-state index is 13.5. The fraction of sp³-hybridized carbons (Fsp3) is 0.520. The van der Waals surface area contributed by atoms with Gasteiger partial charge in [0.05, 0.1) is 18.9 Å². The lowest BCUT2D eigenvalue weighted by Crippen LogP contribution is -2.60. The van der Waals surface area contributed by atoms with Crippen LogP contribution in [-0.2, 0) is 19.2 Å². The van der Waals surface area contributed by atoms with Crippen molar-refractivity contribution >= 4 is 46.8 Å². The Labute approximate surface area is 212 Å². The van der Waals surface area contributed by atoms with Crippen LogP contribution in [0.4, 0.5) is 0 Å². The molecule has 1 aromatic rings. The summed E-state index contributed by atoms with van der Waals surface area (Å²) in [6.07, 6.45) is 2.81. The number of allylic oxidation sites excluding steroid dienone is 2. The van der Waals surface area contributed by atoms with Crippen LogP contribution in [0.5, 0.6) is 11.5 Å². The second-order valence-corrected chi connectivity index (χ2v) is 11.0. The fourth-order valence-corrected chi connectivity index (χ4v) is 7.52. The molecule has 0 aromatic heterocycles. The van der Waals surface area contributed by atoms with Crippen molar-refractivity contribution in [3.8, 4) is 11.5 Å². The second-order valence-electron chi connectivity index (χ2n) is 9.76. The number of aromatic hydroxyl groups is 1. The highest BCUT2D eigenvalue weighted by molar-refractivity contribution is 6.53. The SMILES string of the molecule is CCCN1C(=O)C2CC=C3C(CC4(Cl)C(=O)N(C)C(=O)C4(Cl)C3c3ccc(O)c(OC)c3)C2C1=O. The first-order chi connectivity index (χ1) is 16.5. The number of methoxy groups -OCH3 is 1. The molecule has 4 amide bonds. The summed E-state index contributed by atoms with van der Waals surface area (Å²) >= 11 is 14.2. The van der Waals surface area contributed by atoms with Gasteiger partial charge in [-0.1, -0.05) is 24.6 Å². The van der Waals surface area contributed by atoms with Crippen molar-refractivity contribution in [2.45, 2.75) is 41.9 Å². The number of nitrogens with zero attached hydrogens (tertiary/aromatic N) is 2. The molecule has 4 aliphatic rings. The molecule has 1 N–H and O–H groups in total. The first kappa shape index (κ1) is 24.1. The molecule has 1 aromatic carbocycles. The second kappa shape index (κ2) is 7.96. The van der Waals surface area contributed by atoms with Gasteiger partial charge in [-0.05, 0) is 42.9 Å². The summed E-state index contributed by atoms with van der Waals surface area (Å²) in [7, 11) is 2.75. The zero-order chi connectivity index (χ0) is 25.4. The average molecular weight is 521 g/mol. The van der Waals surface area contributed by atoms with Crippen molar-refractivity contribution in [3.05, 3.63) is 35.4 Å². The Kier molecular flexibility index (Phi) is 5.49. The molecule has 2 aliphatic heterocycles. The largest absolute Gasteiger partial charge is 0.504 e. The Morgan fingerprint density at radius 2 is 1.83 bits per heavy atom. The van der Waals surface area contributed by atoms with Crippen LogP contribution < -0.4 is 4.74 Å². The maximum atomic E-state index is 13.5. The lowest BCUT2D eigenvalue weighted by Gasteiger charge is -2.50. The van der Waals surface area contributed by atoms with E-state index in [-0.39, 0.29) is 29.7 Å². The third kappa shape index (κ3) is 2.93. The summed E-state index contributed by atoms with van der Waals surface area (Å²) in [5.41, 5.74) is 1.23. The van der Waals surface area contributed by atoms with Crippen LogP contribution in [0.2, 0.25) is 0 Å². The number of phenolic OH excluding ortho intramolecular Hbond substituents is 1. The van der Waals surface area contributed by atoms with E-state index >= 15 is 0 Å². The number of likely N-dealkylation sites (tertiary alicyclic amines) is 2. The Morgan fingerprint density at radius 3 is 2.49 bits per heavy atom. The number of carbonyl (C=O) groups excluding carboxylic acids is 4. The van der Waals surface area contributed by atoms with E-state index in [9.17, 15) is 24.3 Å². The van der Waals surface area contributed by atoms with Gasteiger partial charge in [-0.3, -0.25) is 29.0 Å². The van der Waals surface area contributed by atoms with Crippen LogP contribution >= 0.6 is 23.2 Å². The van der Waals surface area contributed by atoms with E-state index in [4.69, 9.17) is 27.9 Å². The minimum Gasteiger partial charge on any atom is -0.504 e. The minimum absolute atomic E-state index is 0.0370. The summed E-state index contributed by atoms with van der Waals surface area (Å²) in [5.74, 6) is -4.30. The van der Waals surface area contributed by atoms with Gasteiger partial charge in [-0.15, -0.1) is 23.2 Å². The number of hydrogen-bond acceptors (Lipinski definition) is 6. The van der Waals surface area contributed by atoms with Crippen LogP contribution in [0.3, 0.4) is 0 Å². The van der Waals surface area contributed by atoms with E-state index < -0.39 is 45.2 Å². The van der Waals surface area contributed by atoms with Crippen molar-refractivity contribution in [3.63, 3.8) is 0 Å². The van der Waals surface area contributed by atoms with Crippen LogP contribution in [0, 0.1) is 17.8 Å². The molecule has 0 bridgehead atoms. The Hall–Kier alpha value is -2.58. The van der Waals surface area contributed by atoms with E-state index in [2.05, 4.69) is 0 Å². The zero-order valence-electron chi connectivity index (χ0n) is 19.6. The van der Waals surface area contributed by atoms with E-state index in [1.807, 2.05) is 13.0 Å². The molecular weight excluding hydrogens is 495 g/mol. The van der Waals surface area contributed by atoms with Crippen molar-refractivity contribution in [2.24, 2.45) is 17.8 Å². The summed E-state index contributed by atoms with van der Waals surface area (Å²) in [6, 6.07) is 4.61. The van der Waals surface area contributed by atoms with Gasteiger partial charge in [0.25, 0.3) is 11.8 Å². The summed E-state index contributed by atoms with van der Waals surface area (Å²) in [5, 5.41) is 10.2. The van der Waals surface area contributed by atoms with Gasteiger partial charge in [0.15, 0.2) is 21.2 Å². The number of fused-ring (bicyclic) bond motifs is 4. The molecule has 35 heavy (non-hydrogen) atoms. The van der Waals surface area contributed by atoms with E-state index in [0.717, 1.165) is 4.90 Å². The number of ether oxygens (including phenoxy) is 1. The van der Waals surface area contributed by atoms with Crippen molar-refractivity contribution in [1.29, 1.82) is 0 Å². The predicted octanol–water partition coefficient (Wildman–Crippen LogP) is 2.80. The molecule has 2 saturated heterocycles. The first-order valence-corrected chi connectivity index (χ1v) is 12.4. The summed E-state index contributed by atoms with van der Waals surface area (Å²) < 4.78 is 5.28. The lowest BCUT2D eigenvalue weighted by atomic mass is 9.56. The van der Waals surface area contributed by atoms with Gasteiger partial charge in [0.2, 0.25) is 11.8 Å². The smallest absolute Gasteiger partial charge is 0.253 e. The van der Waals surface area contributed by atoms with Crippen LogP contribution in [0.15, 0.2) is 29.8 Å². The number of halogens is 2. The summed E-state index contributed by atoms with van der Waals surface area (Å²) in [4.78, 5) is 52.0. The molecule has 2 heterocycles. The molecule has 1 saturated carbocycles. The third-order valence-corrected chi connectivity index (χ3v) is 9.50. The molecule has 6 unspecified atom stereocenters. The number of hydrogen-bond donors (Lipinski definition) is 1. The molecule has 186 valence electrons. The van der Waals surface area contributed by atoms with E-state index in [1.165, 1.54) is 25.1 Å². The maximum Gasteiger partial charge on any atom is 0.253 e. The van der Waals surface area contributed by atoms with Crippen LogP contribution in [-0.4, -0.2) is 69.0 Å². The first-order valence-electron chi connectivity index (χ1n) is 11.6. The topological polar surface area (TPSA) is 104 Å². The minimum atomic E-state index is -1.85. The van der Waals surface area contributed by atoms with Crippen molar-refractivity contribution < 1.29 is 29.0 Å². The highest BCUT2D eigenvalue weighted by atomic mass is 35.5. The molecule has 10 heteroatoms. The molecule has 2 aliphatic carbocycles. The predicted molar refractivity (Wildman–Crippen MR) is 127 cm³/mol. The van der Waals surface area contributed by atoms with E-state index in [0.29, 0.717) is 30.5 Å².